The minimum absolute atomic E-state index is 0.0600. The van der Waals surface area contributed by atoms with Crippen molar-refractivity contribution in [1.82, 2.24) is 10.2 Å². The Bertz CT molecular complexity index is 216. The van der Waals surface area contributed by atoms with Crippen LogP contribution in [0.5, 0.6) is 0 Å². The highest BCUT2D eigenvalue weighted by atomic mass is 16.3. The van der Waals surface area contributed by atoms with E-state index in [1.165, 1.54) is 6.08 Å². The number of carbonyl (C=O) groups is 1. The minimum atomic E-state index is -0.445. The molecule has 0 aromatic heterocycles. The summed E-state index contributed by atoms with van der Waals surface area (Å²) in [6, 6.07) is -0.0938. The molecule has 0 spiro atoms. The van der Waals surface area contributed by atoms with Crippen molar-refractivity contribution in [2.75, 3.05) is 20.1 Å². The van der Waals surface area contributed by atoms with Gasteiger partial charge in [-0.05, 0) is 13.0 Å². The Hall–Kier alpha value is -0.870. The van der Waals surface area contributed by atoms with Gasteiger partial charge < -0.3 is 15.3 Å². The fourth-order valence-electron chi connectivity index (χ4n) is 1.47. The van der Waals surface area contributed by atoms with E-state index in [9.17, 15) is 9.90 Å². The summed E-state index contributed by atoms with van der Waals surface area (Å²) in [6.45, 7) is 3.04. The average molecular weight is 184 g/mol. The van der Waals surface area contributed by atoms with E-state index in [2.05, 4.69) is 5.32 Å². The largest absolute Gasteiger partial charge is 0.390 e. The van der Waals surface area contributed by atoms with Crippen LogP contribution in [-0.2, 0) is 4.79 Å². The second-order valence-electron chi connectivity index (χ2n) is 3.24. The third kappa shape index (κ3) is 2.29. The zero-order valence-corrected chi connectivity index (χ0v) is 8.03. The van der Waals surface area contributed by atoms with Crippen LogP contribution < -0.4 is 5.32 Å². The van der Waals surface area contributed by atoms with Gasteiger partial charge in [-0.2, -0.15) is 0 Å². The number of β-amino-alcohol motifs (C(OH)–C–C–N with tert-alkyl or cyclic N) is 1. The maximum absolute atomic E-state index is 11.4. The number of aliphatic hydroxyl groups excluding tert-OH is 1. The monoisotopic (exact) mass is 184 g/mol. The molecule has 13 heavy (non-hydrogen) atoms. The van der Waals surface area contributed by atoms with E-state index >= 15 is 0 Å². The number of rotatable bonds is 2. The quantitative estimate of drug-likeness (QED) is 0.561. The SMILES string of the molecule is CC=CC(=O)N(C)[C@@H]1CNC[C@H]1O. The molecule has 2 N–H and O–H groups in total. The Balaban J connectivity index is 2.55. The molecule has 1 aliphatic heterocycles. The molecule has 74 valence electrons. The smallest absolute Gasteiger partial charge is 0.246 e. The molecule has 1 amide bonds. The molecule has 0 aromatic carbocycles. The van der Waals surface area contributed by atoms with Gasteiger partial charge in [0.1, 0.15) is 0 Å². The molecule has 2 atom stereocenters. The highest BCUT2D eigenvalue weighted by molar-refractivity contribution is 5.87. The highest BCUT2D eigenvalue weighted by Crippen LogP contribution is 2.07. The topological polar surface area (TPSA) is 52.6 Å². The second kappa shape index (κ2) is 4.39. The fourth-order valence-corrected chi connectivity index (χ4v) is 1.47. The first-order valence-corrected chi connectivity index (χ1v) is 4.45. The number of amides is 1. The summed E-state index contributed by atoms with van der Waals surface area (Å²) in [6.07, 6.45) is 2.76. The lowest BCUT2D eigenvalue weighted by Gasteiger charge is -2.25. The highest BCUT2D eigenvalue weighted by Gasteiger charge is 2.29. The summed E-state index contributed by atoms with van der Waals surface area (Å²) in [5.41, 5.74) is 0. The first kappa shape index (κ1) is 10.2. The molecule has 4 heteroatoms. The van der Waals surface area contributed by atoms with E-state index in [0.717, 1.165) is 0 Å². The van der Waals surface area contributed by atoms with Crippen LogP contribution in [0.15, 0.2) is 12.2 Å². The molecule has 0 aliphatic carbocycles. The predicted molar refractivity (Wildman–Crippen MR) is 50.2 cm³/mol. The molecule has 0 unspecified atom stereocenters. The second-order valence-corrected chi connectivity index (χ2v) is 3.24. The first-order valence-electron chi connectivity index (χ1n) is 4.45. The number of hydrogen-bond acceptors (Lipinski definition) is 3. The molecule has 0 radical (unpaired) electrons. The maximum atomic E-state index is 11.4. The Kier molecular flexibility index (Phi) is 3.45. The summed E-state index contributed by atoms with van der Waals surface area (Å²) in [5.74, 6) is -0.0600. The summed E-state index contributed by atoms with van der Waals surface area (Å²) < 4.78 is 0. The molecule has 1 aliphatic rings. The Labute approximate surface area is 78.2 Å². The maximum Gasteiger partial charge on any atom is 0.246 e. The van der Waals surface area contributed by atoms with Crippen LogP contribution in [0.3, 0.4) is 0 Å². The lowest BCUT2D eigenvalue weighted by Crippen LogP contribution is -2.43. The van der Waals surface area contributed by atoms with Crippen LogP contribution in [-0.4, -0.2) is 48.2 Å². The molecule has 1 rings (SSSR count). The van der Waals surface area contributed by atoms with Crippen molar-refractivity contribution in [1.29, 1.82) is 0 Å². The molecule has 0 saturated carbocycles. The van der Waals surface area contributed by atoms with Crippen molar-refractivity contribution in [3.05, 3.63) is 12.2 Å². The van der Waals surface area contributed by atoms with E-state index in [1.807, 2.05) is 0 Å². The third-order valence-electron chi connectivity index (χ3n) is 2.31. The van der Waals surface area contributed by atoms with Gasteiger partial charge in [-0.3, -0.25) is 4.79 Å². The van der Waals surface area contributed by atoms with Crippen LogP contribution in [0.25, 0.3) is 0 Å². The lowest BCUT2D eigenvalue weighted by atomic mass is 10.2. The number of aliphatic hydroxyl groups is 1. The van der Waals surface area contributed by atoms with Gasteiger partial charge in [-0.25, -0.2) is 0 Å². The van der Waals surface area contributed by atoms with Crippen molar-refractivity contribution >= 4 is 5.91 Å². The van der Waals surface area contributed by atoms with Gasteiger partial charge in [0.2, 0.25) is 5.91 Å². The zero-order valence-electron chi connectivity index (χ0n) is 8.03. The zero-order chi connectivity index (χ0) is 9.84. The molecule has 1 heterocycles. The average Bonchev–Trinajstić information content (AvgIpc) is 2.50. The van der Waals surface area contributed by atoms with Gasteiger partial charge in [0.05, 0.1) is 12.1 Å². The molecule has 1 fully saturated rings. The molecule has 0 aromatic rings. The normalized spacial score (nSPS) is 28.2. The Morgan fingerprint density at radius 1 is 1.62 bits per heavy atom. The number of hydrogen-bond donors (Lipinski definition) is 2. The number of nitrogens with zero attached hydrogens (tertiary/aromatic N) is 1. The van der Waals surface area contributed by atoms with Crippen molar-refractivity contribution in [3.8, 4) is 0 Å². The predicted octanol–water partition coefficient (Wildman–Crippen LogP) is -0.646. The van der Waals surface area contributed by atoms with E-state index in [4.69, 9.17) is 0 Å². The molecular formula is C9H16N2O2. The summed E-state index contributed by atoms with van der Waals surface area (Å²) in [5, 5.41) is 12.5. The van der Waals surface area contributed by atoms with Crippen LogP contribution in [0, 0.1) is 0 Å². The number of carbonyl (C=O) groups excluding carboxylic acids is 1. The third-order valence-corrected chi connectivity index (χ3v) is 2.31. The summed E-state index contributed by atoms with van der Waals surface area (Å²) in [7, 11) is 1.71. The van der Waals surface area contributed by atoms with Gasteiger partial charge >= 0.3 is 0 Å². The van der Waals surface area contributed by atoms with Crippen LogP contribution in [0.2, 0.25) is 0 Å². The van der Waals surface area contributed by atoms with E-state index < -0.39 is 6.10 Å². The fraction of sp³-hybridized carbons (Fsp3) is 0.667. The van der Waals surface area contributed by atoms with Gasteiger partial charge in [0.15, 0.2) is 0 Å². The van der Waals surface area contributed by atoms with E-state index in [-0.39, 0.29) is 11.9 Å². The number of allylic oxidation sites excluding steroid dienone is 1. The molecule has 4 nitrogen and oxygen atoms in total. The standard InChI is InChI=1S/C9H16N2O2/c1-3-4-9(13)11(2)7-5-10-6-8(7)12/h3-4,7-8,10,12H,5-6H2,1-2H3/t7-,8-/m1/s1. The Morgan fingerprint density at radius 3 is 2.77 bits per heavy atom. The van der Waals surface area contributed by atoms with Crippen LogP contribution in [0.4, 0.5) is 0 Å². The minimum Gasteiger partial charge on any atom is -0.390 e. The molecule has 1 saturated heterocycles. The van der Waals surface area contributed by atoms with Crippen molar-refractivity contribution in [2.24, 2.45) is 0 Å². The Morgan fingerprint density at radius 2 is 2.31 bits per heavy atom. The van der Waals surface area contributed by atoms with Crippen molar-refractivity contribution in [3.63, 3.8) is 0 Å². The van der Waals surface area contributed by atoms with Crippen molar-refractivity contribution in [2.45, 2.75) is 19.1 Å². The van der Waals surface area contributed by atoms with Crippen LogP contribution in [0.1, 0.15) is 6.92 Å². The first-order chi connectivity index (χ1) is 6.16. The molecular weight excluding hydrogens is 168 g/mol. The molecule has 0 bridgehead atoms. The van der Waals surface area contributed by atoms with E-state index in [0.29, 0.717) is 13.1 Å². The van der Waals surface area contributed by atoms with Gasteiger partial charge in [0.25, 0.3) is 0 Å². The number of likely N-dealkylation sites (N-methyl/N-ethyl adjacent to an activating group) is 1. The van der Waals surface area contributed by atoms with Gasteiger partial charge in [0, 0.05) is 20.1 Å². The van der Waals surface area contributed by atoms with Crippen molar-refractivity contribution < 1.29 is 9.90 Å². The van der Waals surface area contributed by atoms with E-state index in [1.54, 1.807) is 24.9 Å². The number of nitrogens with one attached hydrogen (secondary N) is 1. The summed E-state index contributed by atoms with van der Waals surface area (Å²) >= 11 is 0. The van der Waals surface area contributed by atoms with Gasteiger partial charge in [-0.1, -0.05) is 6.08 Å². The summed E-state index contributed by atoms with van der Waals surface area (Å²) in [4.78, 5) is 12.9. The van der Waals surface area contributed by atoms with Gasteiger partial charge in [-0.15, -0.1) is 0 Å². The lowest BCUT2D eigenvalue weighted by molar-refractivity contribution is -0.128. The van der Waals surface area contributed by atoms with Crippen LogP contribution >= 0.6 is 0 Å².